The highest BCUT2D eigenvalue weighted by atomic mass is 35.5. The number of ether oxygens (including phenoxy) is 1. The van der Waals surface area contributed by atoms with Gasteiger partial charge in [-0.25, -0.2) is 4.39 Å². The quantitative estimate of drug-likeness (QED) is 0.796. The van der Waals surface area contributed by atoms with Gasteiger partial charge in [0.15, 0.2) is 5.78 Å². The molecule has 2 aromatic carbocycles. The van der Waals surface area contributed by atoms with Crippen molar-refractivity contribution in [3.8, 4) is 5.75 Å². The molecule has 0 saturated heterocycles. The standard InChI is InChI=1S/C17H14ClFO2/c1-10-2-3-14(15(19)6-10)16(20)9-12-8-13(18)7-11-4-5-21-17(11)12/h2-3,6-8H,4-5,9H2,1H3. The molecule has 1 aliphatic rings. The Morgan fingerprint density at radius 1 is 1.33 bits per heavy atom. The van der Waals surface area contributed by atoms with E-state index in [0.717, 1.165) is 28.9 Å². The van der Waals surface area contributed by atoms with Gasteiger partial charge in [0.25, 0.3) is 0 Å². The lowest BCUT2D eigenvalue weighted by atomic mass is 9.99. The second kappa shape index (κ2) is 5.49. The van der Waals surface area contributed by atoms with E-state index in [1.54, 1.807) is 19.1 Å². The normalized spacial score (nSPS) is 12.9. The van der Waals surface area contributed by atoms with Gasteiger partial charge in [0.2, 0.25) is 0 Å². The van der Waals surface area contributed by atoms with Crippen LogP contribution in [0.4, 0.5) is 4.39 Å². The summed E-state index contributed by atoms with van der Waals surface area (Å²) in [7, 11) is 0. The van der Waals surface area contributed by atoms with E-state index in [4.69, 9.17) is 16.3 Å². The highest BCUT2D eigenvalue weighted by Crippen LogP contribution is 2.33. The predicted molar refractivity (Wildman–Crippen MR) is 79.8 cm³/mol. The average Bonchev–Trinajstić information content (AvgIpc) is 2.86. The van der Waals surface area contributed by atoms with Crippen molar-refractivity contribution in [2.24, 2.45) is 0 Å². The van der Waals surface area contributed by atoms with Crippen molar-refractivity contribution >= 4 is 17.4 Å². The Morgan fingerprint density at radius 2 is 2.14 bits per heavy atom. The topological polar surface area (TPSA) is 26.3 Å². The maximum Gasteiger partial charge on any atom is 0.170 e. The van der Waals surface area contributed by atoms with Crippen LogP contribution in [0.3, 0.4) is 0 Å². The third-order valence-corrected chi connectivity index (χ3v) is 3.82. The van der Waals surface area contributed by atoms with E-state index in [0.29, 0.717) is 11.6 Å². The second-order valence-corrected chi connectivity index (χ2v) is 5.67. The Bertz CT molecular complexity index is 725. The van der Waals surface area contributed by atoms with Crippen molar-refractivity contribution in [2.75, 3.05) is 6.61 Å². The van der Waals surface area contributed by atoms with Gasteiger partial charge < -0.3 is 4.74 Å². The molecule has 0 bridgehead atoms. The smallest absolute Gasteiger partial charge is 0.170 e. The summed E-state index contributed by atoms with van der Waals surface area (Å²) in [4.78, 5) is 12.3. The van der Waals surface area contributed by atoms with Crippen LogP contribution in [-0.4, -0.2) is 12.4 Å². The highest BCUT2D eigenvalue weighted by molar-refractivity contribution is 6.30. The maximum atomic E-state index is 13.9. The third-order valence-electron chi connectivity index (χ3n) is 3.60. The number of benzene rings is 2. The number of ketones is 1. The summed E-state index contributed by atoms with van der Waals surface area (Å²) in [6.07, 6.45) is 0.874. The first-order chi connectivity index (χ1) is 10.0. The lowest BCUT2D eigenvalue weighted by molar-refractivity contribution is 0.0988. The number of Topliss-reactive ketones (excluding diaryl/α,β-unsaturated/α-hetero) is 1. The second-order valence-electron chi connectivity index (χ2n) is 5.23. The van der Waals surface area contributed by atoms with E-state index in [9.17, 15) is 9.18 Å². The minimum atomic E-state index is -0.486. The minimum absolute atomic E-state index is 0.0862. The van der Waals surface area contributed by atoms with Gasteiger partial charge in [-0.2, -0.15) is 0 Å². The number of carbonyl (C=O) groups is 1. The third kappa shape index (κ3) is 2.79. The van der Waals surface area contributed by atoms with Gasteiger partial charge in [0, 0.05) is 23.4 Å². The molecule has 4 heteroatoms. The van der Waals surface area contributed by atoms with Crippen molar-refractivity contribution < 1.29 is 13.9 Å². The van der Waals surface area contributed by atoms with Gasteiger partial charge in [-0.1, -0.05) is 17.7 Å². The van der Waals surface area contributed by atoms with Crippen LogP contribution in [0.5, 0.6) is 5.75 Å². The number of aryl methyl sites for hydroxylation is 1. The summed E-state index contributed by atoms with van der Waals surface area (Å²) in [6.45, 7) is 2.38. The van der Waals surface area contributed by atoms with Gasteiger partial charge in [-0.3, -0.25) is 4.79 Å². The van der Waals surface area contributed by atoms with Crippen molar-refractivity contribution in [1.29, 1.82) is 0 Å². The molecule has 0 atom stereocenters. The molecule has 0 aromatic heterocycles. The summed E-state index contributed by atoms with van der Waals surface area (Å²) in [5.74, 6) is -0.0349. The van der Waals surface area contributed by atoms with Gasteiger partial charge in [-0.15, -0.1) is 0 Å². The van der Waals surface area contributed by atoms with Gasteiger partial charge in [0.1, 0.15) is 11.6 Å². The van der Waals surface area contributed by atoms with E-state index in [1.807, 2.05) is 6.07 Å². The Kier molecular flexibility index (Phi) is 3.68. The van der Waals surface area contributed by atoms with E-state index in [1.165, 1.54) is 12.1 Å². The monoisotopic (exact) mass is 304 g/mol. The first kappa shape index (κ1) is 14.1. The van der Waals surface area contributed by atoms with Gasteiger partial charge in [-0.05, 0) is 42.3 Å². The largest absolute Gasteiger partial charge is 0.493 e. The lowest BCUT2D eigenvalue weighted by Gasteiger charge is -2.09. The first-order valence-corrected chi connectivity index (χ1v) is 7.16. The number of fused-ring (bicyclic) bond motifs is 1. The van der Waals surface area contributed by atoms with Crippen molar-refractivity contribution in [1.82, 2.24) is 0 Å². The summed E-state index contributed by atoms with van der Waals surface area (Å²) < 4.78 is 19.4. The van der Waals surface area contributed by atoms with Gasteiger partial charge in [0.05, 0.1) is 12.2 Å². The number of rotatable bonds is 3. The molecular weight excluding hydrogens is 291 g/mol. The molecule has 0 spiro atoms. The molecular formula is C17H14ClFO2. The zero-order valence-corrected chi connectivity index (χ0v) is 12.3. The first-order valence-electron chi connectivity index (χ1n) is 6.78. The maximum absolute atomic E-state index is 13.9. The molecule has 0 saturated carbocycles. The number of hydrogen-bond donors (Lipinski definition) is 0. The summed E-state index contributed by atoms with van der Waals surface area (Å²) >= 11 is 6.07. The van der Waals surface area contributed by atoms with Crippen LogP contribution in [0.25, 0.3) is 0 Å². The van der Waals surface area contributed by atoms with Crippen molar-refractivity contribution in [3.05, 3.63) is 63.4 Å². The zero-order chi connectivity index (χ0) is 15.0. The van der Waals surface area contributed by atoms with Crippen LogP contribution in [0, 0.1) is 12.7 Å². The number of carbonyl (C=O) groups excluding carboxylic acids is 1. The predicted octanol–water partition coefficient (Wildman–Crippen LogP) is 4.15. The minimum Gasteiger partial charge on any atom is -0.493 e. The van der Waals surface area contributed by atoms with E-state index in [2.05, 4.69) is 0 Å². The van der Waals surface area contributed by atoms with Gasteiger partial charge >= 0.3 is 0 Å². The zero-order valence-electron chi connectivity index (χ0n) is 11.6. The molecule has 2 aromatic rings. The van der Waals surface area contributed by atoms with Crippen molar-refractivity contribution in [3.63, 3.8) is 0 Å². The molecule has 108 valence electrons. The fourth-order valence-corrected chi connectivity index (χ4v) is 2.86. The fraction of sp³-hybridized carbons (Fsp3) is 0.235. The molecule has 0 amide bonds. The molecule has 0 N–H and O–H groups in total. The molecule has 3 rings (SSSR count). The molecule has 0 fully saturated rings. The molecule has 0 aliphatic carbocycles. The van der Waals surface area contributed by atoms with Crippen LogP contribution >= 0.6 is 11.6 Å². The molecule has 21 heavy (non-hydrogen) atoms. The van der Waals surface area contributed by atoms with Crippen LogP contribution in [0.2, 0.25) is 5.02 Å². The Hall–Kier alpha value is -1.87. The molecule has 2 nitrogen and oxygen atoms in total. The number of halogens is 2. The molecule has 1 aliphatic heterocycles. The van der Waals surface area contributed by atoms with E-state index >= 15 is 0 Å². The Labute approximate surface area is 127 Å². The van der Waals surface area contributed by atoms with Crippen LogP contribution < -0.4 is 4.74 Å². The SMILES string of the molecule is Cc1ccc(C(=O)Cc2cc(Cl)cc3c2OCC3)c(F)c1. The Morgan fingerprint density at radius 3 is 2.90 bits per heavy atom. The molecule has 0 unspecified atom stereocenters. The summed E-state index contributed by atoms with van der Waals surface area (Å²) in [5.41, 5.74) is 2.62. The summed E-state index contributed by atoms with van der Waals surface area (Å²) in [5, 5.41) is 0.575. The lowest BCUT2D eigenvalue weighted by Crippen LogP contribution is -2.07. The molecule has 1 heterocycles. The molecule has 0 radical (unpaired) electrons. The van der Waals surface area contributed by atoms with E-state index < -0.39 is 5.82 Å². The fourth-order valence-electron chi connectivity index (χ4n) is 2.59. The van der Waals surface area contributed by atoms with E-state index in [-0.39, 0.29) is 17.8 Å². The number of hydrogen-bond acceptors (Lipinski definition) is 2. The average molecular weight is 305 g/mol. The van der Waals surface area contributed by atoms with Crippen LogP contribution in [-0.2, 0) is 12.8 Å². The van der Waals surface area contributed by atoms with Crippen LogP contribution in [0.15, 0.2) is 30.3 Å². The van der Waals surface area contributed by atoms with Crippen LogP contribution in [0.1, 0.15) is 27.0 Å². The Balaban J connectivity index is 1.92. The van der Waals surface area contributed by atoms with Crippen molar-refractivity contribution in [2.45, 2.75) is 19.8 Å². The highest BCUT2D eigenvalue weighted by Gasteiger charge is 2.21. The summed E-state index contributed by atoms with van der Waals surface area (Å²) in [6, 6.07) is 8.19.